The fraction of sp³-hybridized carbons (Fsp3) is 0.333. The van der Waals surface area contributed by atoms with E-state index < -0.39 is 0 Å². The highest BCUT2D eigenvalue weighted by Gasteiger charge is 2.12. The van der Waals surface area contributed by atoms with E-state index >= 15 is 0 Å². The van der Waals surface area contributed by atoms with Gasteiger partial charge >= 0.3 is 0 Å². The molecule has 1 aliphatic heterocycles. The molecule has 1 aliphatic rings. The van der Waals surface area contributed by atoms with Crippen LogP contribution in [0.4, 0.5) is 5.69 Å². The van der Waals surface area contributed by atoms with E-state index in [0.29, 0.717) is 0 Å². The Morgan fingerprint density at radius 3 is 2.73 bits per heavy atom. The lowest BCUT2D eigenvalue weighted by Crippen LogP contribution is -2.17. The maximum absolute atomic E-state index is 5.17. The van der Waals surface area contributed by atoms with Gasteiger partial charge in [-0.05, 0) is 48.2 Å². The molecule has 1 heterocycles. The van der Waals surface area contributed by atoms with Crippen LogP contribution in [0.3, 0.4) is 0 Å². The quantitative estimate of drug-likeness (QED) is 0.801. The van der Waals surface area contributed by atoms with Crippen LogP contribution in [0, 0.1) is 0 Å². The van der Waals surface area contributed by atoms with Crippen LogP contribution >= 0.6 is 12.4 Å². The molecule has 0 unspecified atom stereocenters. The van der Waals surface area contributed by atoms with Crippen molar-refractivity contribution < 1.29 is 4.74 Å². The molecule has 0 amide bonds. The monoisotopic (exact) mass is 318 g/mol. The van der Waals surface area contributed by atoms with E-state index in [2.05, 4.69) is 41.0 Å². The van der Waals surface area contributed by atoms with Gasteiger partial charge < -0.3 is 15.4 Å². The second kappa shape index (κ2) is 8.06. The lowest BCUT2D eigenvalue weighted by Gasteiger charge is -2.10. The smallest absolute Gasteiger partial charge is 0.118 e. The van der Waals surface area contributed by atoms with Gasteiger partial charge in [0.15, 0.2) is 0 Å². The molecule has 2 N–H and O–H groups in total. The van der Waals surface area contributed by atoms with Crippen molar-refractivity contribution in [1.82, 2.24) is 5.32 Å². The highest BCUT2D eigenvalue weighted by Crippen LogP contribution is 2.26. The van der Waals surface area contributed by atoms with Gasteiger partial charge in [-0.15, -0.1) is 12.4 Å². The number of anilines is 1. The van der Waals surface area contributed by atoms with E-state index in [4.69, 9.17) is 4.74 Å². The predicted octanol–water partition coefficient (Wildman–Crippen LogP) is 3.42. The van der Waals surface area contributed by atoms with E-state index in [-0.39, 0.29) is 12.4 Å². The Labute approximate surface area is 138 Å². The zero-order valence-electron chi connectivity index (χ0n) is 12.9. The number of rotatable bonds is 6. The molecular formula is C18H23ClN2O. The number of para-hydroxylation sites is 1. The molecule has 3 nitrogen and oxygen atoms in total. The summed E-state index contributed by atoms with van der Waals surface area (Å²) in [4.78, 5) is 0. The van der Waals surface area contributed by atoms with E-state index in [1.807, 2.05) is 12.1 Å². The molecule has 22 heavy (non-hydrogen) atoms. The van der Waals surface area contributed by atoms with Crippen molar-refractivity contribution in [3.05, 3.63) is 59.2 Å². The van der Waals surface area contributed by atoms with Gasteiger partial charge in [0.2, 0.25) is 0 Å². The molecule has 0 radical (unpaired) electrons. The van der Waals surface area contributed by atoms with Crippen LogP contribution in [0.1, 0.15) is 16.7 Å². The molecular weight excluding hydrogens is 296 g/mol. The summed E-state index contributed by atoms with van der Waals surface area (Å²) in [6.07, 6.45) is 2.18. The first-order valence-electron chi connectivity index (χ1n) is 7.55. The zero-order valence-corrected chi connectivity index (χ0v) is 13.7. The normalized spacial score (nSPS) is 12.2. The molecule has 0 spiro atoms. The number of halogens is 1. The van der Waals surface area contributed by atoms with Crippen LogP contribution in [0.2, 0.25) is 0 Å². The number of hydrogen-bond donors (Lipinski definition) is 2. The molecule has 0 bridgehead atoms. The third-order valence-corrected chi connectivity index (χ3v) is 4.00. The minimum atomic E-state index is 0. The summed E-state index contributed by atoms with van der Waals surface area (Å²) in [6, 6.07) is 14.9. The van der Waals surface area contributed by atoms with Crippen molar-refractivity contribution in [3.63, 3.8) is 0 Å². The van der Waals surface area contributed by atoms with Crippen molar-refractivity contribution >= 4 is 18.1 Å². The van der Waals surface area contributed by atoms with Crippen molar-refractivity contribution in [3.8, 4) is 5.75 Å². The summed E-state index contributed by atoms with van der Waals surface area (Å²) in [5.41, 5.74) is 5.50. The standard InChI is InChI=1S/C18H22N2O.ClH/c1-21-17-7-5-14(6-8-17)9-11-19-13-16-4-2-3-15-10-12-20-18(15)16;/h2-8,19-20H,9-13H2,1H3;1H. The Kier molecular flexibility index (Phi) is 6.10. The van der Waals surface area contributed by atoms with E-state index in [9.17, 15) is 0 Å². The van der Waals surface area contributed by atoms with Gasteiger partial charge in [0, 0.05) is 18.8 Å². The van der Waals surface area contributed by atoms with Crippen molar-refractivity contribution in [2.75, 3.05) is 25.5 Å². The maximum atomic E-state index is 5.17. The van der Waals surface area contributed by atoms with Crippen LogP contribution in [-0.2, 0) is 19.4 Å². The Morgan fingerprint density at radius 1 is 1.14 bits per heavy atom. The van der Waals surface area contributed by atoms with Crippen molar-refractivity contribution in [2.45, 2.75) is 19.4 Å². The second-order valence-corrected chi connectivity index (χ2v) is 5.40. The van der Waals surface area contributed by atoms with Gasteiger partial charge in [0.05, 0.1) is 7.11 Å². The van der Waals surface area contributed by atoms with Crippen LogP contribution in [0.15, 0.2) is 42.5 Å². The summed E-state index contributed by atoms with van der Waals surface area (Å²) >= 11 is 0. The Morgan fingerprint density at radius 2 is 1.95 bits per heavy atom. The van der Waals surface area contributed by atoms with Gasteiger partial charge in [-0.2, -0.15) is 0 Å². The summed E-state index contributed by atoms with van der Waals surface area (Å²) in [7, 11) is 1.70. The number of nitrogens with one attached hydrogen (secondary N) is 2. The first-order valence-corrected chi connectivity index (χ1v) is 7.55. The zero-order chi connectivity index (χ0) is 14.5. The van der Waals surface area contributed by atoms with Crippen LogP contribution < -0.4 is 15.4 Å². The first kappa shape index (κ1) is 16.7. The molecule has 0 saturated carbocycles. The Balaban J connectivity index is 0.00000176. The molecule has 2 aromatic carbocycles. The molecule has 0 atom stereocenters. The molecule has 0 aromatic heterocycles. The van der Waals surface area contributed by atoms with E-state index in [1.165, 1.54) is 22.4 Å². The van der Waals surface area contributed by atoms with Gasteiger partial charge in [0.1, 0.15) is 5.75 Å². The van der Waals surface area contributed by atoms with Gasteiger partial charge in [-0.25, -0.2) is 0 Å². The molecule has 118 valence electrons. The fourth-order valence-corrected chi connectivity index (χ4v) is 2.81. The molecule has 2 aromatic rings. The van der Waals surface area contributed by atoms with Gasteiger partial charge in [-0.1, -0.05) is 30.3 Å². The molecule has 3 rings (SSSR count). The highest BCUT2D eigenvalue weighted by atomic mass is 35.5. The lowest BCUT2D eigenvalue weighted by atomic mass is 10.1. The van der Waals surface area contributed by atoms with Crippen LogP contribution in [0.5, 0.6) is 5.75 Å². The summed E-state index contributed by atoms with van der Waals surface area (Å²) in [5, 5.41) is 7.02. The number of fused-ring (bicyclic) bond motifs is 1. The molecule has 0 aliphatic carbocycles. The topological polar surface area (TPSA) is 33.3 Å². The van der Waals surface area contributed by atoms with Crippen molar-refractivity contribution in [2.24, 2.45) is 0 Å². The number of ether oxygens (including phenoxy) is 1. The van der Waals surface area contributed by atoms with E-state index in [0.717, 1.165) is 38.2 Å². The number of benzene rings is 2. The number of hydrogen-bond acceptors (Lipinski definition) is 3. The average molecular weight is 319 g/mol. The average Bonchev–Trinajstić information content (AvgIpc) is 3.01. The SMILES string of the molecule is COc1ccc(CCNCc2cccc3c2NCC3)cc1.Cl. The van der Waals surface area contributed by atoms with E-state index in [1.54, 1.807) is 7.11 Å². The largest absolute Gasteiger partial charge is 0.497 e. The molecule has 4 heteroatoms. The van der Waals surface area contributed by atoms with Crippen molar-refractivity contribution in [1.29, 1.82) is 0 Å². The predicted molar refractivity (Wildman–Crippen MR) is 94.3 cm³/mol. The number of methoxy groups -OCH3 is 1. The molecule has 0 saturated heterocycles. The minimum absolute atomic E-state index is 0. The van der Waals surface area contributed by atoms with Crippen LogP contribution in [-0.4, -0.2) is 20.2 Å². The van der Waals surface area contributed by atoms with Gasteiger partial charge in [0.25, 0.3) is 0 Å². The first-order chi connectivity index (χ1) is 10.4. The Bertz CT molecular complexity index is 599. The summed E-state index contributed by atoms with van der Waals surface area (Å²) < 4.78 is 5.17. The fourth-order valence-electron chi connectivity index (χ4n) is 2.81. The summed E-state index contributed by atoms with van der Waals surface area (Å²) in [6.45, 7) is 2.97. The highest BCUT2D eigenvalue weighted by molar-refractivity contribution is 5.85. The maximum Gasteiger partial charge on any atom is 0.118 e. The molecule has 0 fully saturated rings. The third kappa shape index (κ3) is 3.93. The minimum Gasteiger partial charge on any atom is -0.497 e. The Hall–Kier alpha value is -1.71. The third-order valence-electron chi connectivity index (χ3n) is 4.00. The van der Waals surface area contributed by atoms with Gasteiger partial charge in [-0.3, -0.25) is 0 Å². The lowest BCUT2D eigenvalue weighted by molar-refractivity contribution is 0.414. The van der Waals surface area contributed by atoms with Crippen LogP contribution in [0.25, 0.3) is 0 Å². The summed E-state index contributed by atoms with van der Waals surface area (Å²) in [5.74, 6) is 0.914. The second-order valence-electron chi connectivity index (χ2n) is 5.40.